The third-order valence-corrected chi connectivity index (χ3v) is 1.54. The Kier molecular flexibility index (Phi) is 2.60. The minimum absolute atomic E-state index is 0.0338. The summed E-state index contributed by atoms with van der Waals surface area (Å²) in [5.74, 6) is -1.86. The highest BCUT2D eigenvalue weighted by molar-refractivity contribution is 5.70. The van der Waals surface area contributed by atoms with E-state index in [1.54, 1.807) is 6.07 Å². The topological polar surface area (TPSA) is 61.1 Å². The van der Waals surface area contributed by atoms with Crippen molar-refractivity contribution in [1.82, 2.24) is 0 Å². The molecule has 13 heavy (non-hydrogen) atoms. The molecule has 3 nitrogen and oxygen atoms in total. The molecule has 0 radical (unpaired) electrons. The zero-order valence-corrected chi connectivity index (χ0v) is 6.62. The van der Waals surface area contributed by atoms with Crippen LogP contribution in [0.5, 0.6) is 0 Å². The largest absolute Gasteiger partial charge is 0.481 e. The van der Waals surface area contributed by atoms with Crippen LogP contribution in [-0.2, 0) is 11.2 Å². The number of hydrogen-bond donors (Lipinski definition) is 1. The van der Waals surface area contributed by atoms with Gasteiger partial charge in [0.05, 0.1) is 12.0 Å². The van der Waals surface area contributed by atoms with Crippen molar-refractivity contribution in [3.63, 3.8) is 0 Å². The van der Waals surface area contributed by atoms with Crippen LogP contribution in [0.25, 0.3) is 0 Å². The predicted molar refractivity (Wildman–Crippen MR) is 42.5 cm³/mol. The molecule has 0 spiro atoms. The summed E-state index contributed by atoms with van der Waals surface area (Å²) in [7, 11) is 0. The van der Waals surface area contributed by atoms with Crippen molar-refractivity contribution in [3.8, 4) is 6.07 Å². The molecule has 0 aromatic heterocycles. The van der Waals surface area contributed by atoms with Crippen LogP contribution in [0, 0.1) is 17.1 Å². The van der Waals surface area contributed by atoms with Gasteiger partial charge in [-0.15, -0.1) is 0 Å². The van der Waals surface area contributed by atoms with E-state index in [9.17, 15) is 9.18 Å². The van der Waals surface area contributed by atoms with Gasteiger partial charge in [0.15, 0.2) is 0 Å². The second kappa shape index (κ2) is 3.68. The lowest BCUT2D eigenvalue weighted by atomic mass is 10.1. The van der Waals surface area contributed by atoms with Gasteiger partial charge in [0.1, 0.15) is 11.9 Å². The fraction of sp³-hybridized carbons (Fsp3) is 0.111. The van der Waals surface area contributed by atoms with Crippen LogP contribution in [0.1, 0.15) is 11.1 Å². The molecule has 0 aliphatic carbocycles. The molecule has 4 heteroatoms. The monoisotopic (exact) mass is 179 g/mol. The summed E-state index contributed by atoms with van der Waals surface area (Å²) in [5, 5.41) is 16.8. The average Bonchev–Trinajstić information content (AvgIpc) is 2.08. The Labute approximate surface area is 74.0 Å². The summed E-state index contributed by atoms with van der Waals surface area (Å²) in [6.45, 7) is 0. The molecule has 0 unspecified atom stereocenters. The first kappa shape index (κ1) is 9.20. The zero-order valence-electron chi connectivity index (χ0n) is 6.62. The first-order chi connectivity index (χ1) is 6.15. The van der Waals surface area contributed by atoms with E-state index in [1.165, 1.54) is 18.2 Å². The number of halogens is 1. The fourth-order valence-corrected chi connectivity index (χ4v) is 0.966. The zero-order chi connectivity index (χ0) is 9.84. The van der Waals surface area contributed by atoms with Crippen LogP contribution in [0.4, 0.5) is 4.39 Å². The van der Waals surface area contributed by atoms with Crippen molar-refractivity contribution in [2.45, 2.75) is 6.42 Å². The lowest BCUT2D eigenvalue weighted by molar-refractivity contribution is -0.136. The second-order valence-electron chi connectivity index (χ2n) is 2.46. The van der Waals surface area contributed by atoms with E-state index in [0.717, 1.165) is 0 Å². The van der Waals surface area contributed by atoms with Crippen LogP contribution in [0.2, 0.25) is 0 Å². The maximum absolute atomic E-state index is 13.1. The van der Waals surface area contributed by atoms with Gasteiger partial charge >= 0.3 is 5.97 Å². The van der Waals surface area contributed by atoms with Crippen LogP contribution < -0.4 is 0 Å². The molecule has 66 valence electrons. The van der Waals surface area contributed by atoms with Crippen LogP contribution in [0.3, 0.4) is 0 Å². The summed E-state index contributed by atoms with van der Waals surface area (Å²) < 4.78 is 13.1. The summed E-state index contributed by atoms with van der Waals surface area (Å²) in [4.78, 5) is 10.3. The van der Waals surface area contributed by atoms with Crippen LogP contribution in [0.15, 0.2) is 18.2 Å². The van der Waals surface area contributed by atoms with Gasteiger partial charge in [-0.1, -0.05) is 12.1 Å². The van der Waals surface area contributed by atoms with E-state index in [2.05, 4.69) is 0 Å². The fourth-order valence-electron chi connectivity index (χ4n) is 0.966. The minimum atomic E-state index is -1.12. The molecule has 0 aliphatic rings. The number of carboxylic acids is 1. The van der Waals surface area contributed by atoms with Crippen LogP contribution in [-0.4, -0.2) is 11.1 Å². The first-order valence-corrected chi connectivity index (χ1v) is 3.54. The van der Waals surface area contributed by atoms with Gasteiger partial charge in [-0.2, -0.15) is 5.26 Å². The Morgan fingerprint density at radius 2 is 2.31 bits per heavy atom. The van der Waals surface area contributed by atoms with E-state index >= 15 is 0 Å². The van der Waals surface area contributed by atoms with Crippen molar-refractivity contribution in [2.24, 2.45) is 0 Å². The maximum atomic E-state index is 13.1. The molecular weight excluding hydrogens is 173 g/mol. The molecule has 0 fully saturated rings. The minimum Gasteiger partial charge on any atom is -0.481 e. The Bertz CT molecular complexity index is 382. The highest BCUT2D eigenvalue weighted by Gasteiger charge is 2.09. The van der Waals surface area contributed by atoms with Crippen molar-refractivity contribution in [3.05, 3.63) is 35.1 Å². The molecule has 0 saturated carbocycles. The summed E-state index contributed by atoms with van der Waals surface area (Å²) in [5.41, 5.74) is -0.0923. The molecule has 0 aliphatic heterocycles. The molecular formula is C9H6FNO2. The number of benzene rings is 1. The smallest absolute Gasteiger partial charge is 0.307 e. The van der Waals surface area contributed by atoms with E-state index in [1.807, 2.05) is 0 Å². The number of rotatable bonds is 2. The van der Waals surface area contributed by atoms with Gasteiger partial charge in [0, 0.05) is 5.56 Å². The molecule has 0 saturated heterocycles. The lowest BCUT2D eigenvalue weighted by Crippen LogP contribution is -2.03. The van der Waals surface area contributed by atoms with Gasteiger partial charge < -0.3 is 5.11 Å². The van der Waals surface area contributed by atoms with Gasteiger partial charge in [-0.25, -0.2) is 4.39 Å². The first-order valence-electron chi connectivity index (χ1n) is 3.54. The SMILES string of the molecule is N#Cc1cccc(CC(=O)O)c1F. The normalized spacial score (nSPS) is 9.23. The van der Waals surface area contributed by atoms with E-state index < -0.39 is 18.2 Å². The average molecular weight is 179 g/mol. The number of aliphatic carboxylic acids is 1. The summed E-state index contributed by atoms with van der Waals surface area (Å²) >= 11 is 0. The van der Waals surface area contributed by atoms with Gasteiger partial charge in [0.2, 0.25) is 0 Å². The van der Waals surface area contributed by atoms with E-state index in [0.29, 0.717) is 0 Å². The molecule has 0 heterocycles. The molecule has 1 aromatic rings. The summed E-state index contributed by atoms with van der Waals surface area (Å²) in [6.07, 6.45) is -0.401. The van der Waals surface area contributed by atoms with Gasteiger partial charge in [-0.05, 0) is 6.07 Å². The maximum Gasteiger partial charge on any atom is 0.307 e. The van der Waals surface area contributed by atoms with Gasteiger partial charge in [-0.3, -0.25) is 4.79 Å². The molecule has 0 atom stereocenters. The van der Waals surface area contributed by atoms with Crippen LogP contribution >= 0.6 is 0 Å². The lowest BCUT2D eigenvalue weighted by Gasteiger charge is -1.99. The Morgan fingerprint density at radius 1 is 1.62 bits per heavy atom. The third-order valence-electron chi connectivity index (χ3n) is 1.54. The Balaban J connectivity index is 3.10. The Morgan fingerprint density at radius 3 is 2.85 bits per heavy atom. The van der Waals surface area contributed by atoms with Crippen molar-refractivity contribution in [2.75, 3.05) is 0 Å². The highest BCUT2D eigenvalue weighted by atomic mass is 19.1. The molecule has 0 bridgehead atoms. The number of hydrogen-bond acceptors (Lipinski definition) is 2. The number of carboxylic acid groups (broad SMARTS) is 1. The summed E-state index contributed by atoms with van der Waals surface area (Å²) in [6, 6.07) is 5.76. The van der Waals surface area contributed by atoms with E-state index in [-0.39, 0.29) is 11.1 Å². The highest BCUT2D eigenvalue weighted by Crippen LogP contribution is 2.12. The van der Waals surface area contributed by atoms with Crippen molar-refractivity contribution < 1.29 is 14.3 Å². The molecule has 0 amide bonds. The number of nitriles is 1. The second-order valence-corrected chi connectivity index (χ2v) is 2.46. The predicted octanol–water partition coefficient (Wildman–Crippen LogP) is 1.32. The Hall–Kier alpha value is -1.89. The molecule has 1 N–H and O–H groups in total. The van der Waals surface area contributed by atoms with Gasteiger partial charge in [0.25, 0.3) is 0 Å². The number of carbonyl (C=O) groups is 1. The van der Waals surface area contributed by atoms with Crippen molar-refractivity contribution in [1.29, 1.82) is 5.26 Å². The molecule has 1 aromatic carbocycles. The molecule has 1 rings (SSSR count). The number of nitrogens with zero attached hydrogens (tertiary/aromatic N) is 1. The standard InChI is InChI=1S/C9H6FNO2/c10-9-6(4-8(12)13)2-1-3-7(9)5-11/h1-3H,4H2,(H,12,13). The quantitative estimate of drug-likeness (QED) is 0.744. The third kappa shape index (κ3) is 2.03. The van der Waals surface area contributed by atoms with Crippen molar-refractivity contribution >= 4 is 5.97 Å². The van der Waals surface area contributed by atoms with E-state index in [4.69, 9.17) is 10.4 Å².